The number of rotatable bonds is 5. The molecule has 0 aromatic heterocycles. The van der Waals surface area contributed by atoms with Crippen LogP contribution in [0.2, 0.25) is 5.02 Å². The molecule has 4 nitrogen and oxygen atoms in total. The third-order valence-electron chi connectivity index (χ3n) is 6.02. The molecule has 0 N–H and O–H groups in total. The van der Waals surface area contributed by atoms with Crippen molar-refractivity contribution in [2.75, 3.05) is 6.54 Å². The van der Waals surface area contributed by atoms with Gasteiger partial charge in [-0.05, 0) is 46.5 Å². The van der Waals surface area contributed by atoms with Crippen LogP contribution < -0.4 is 0 Å². The van der Waals surface area contributed by atoms with Gasteiger partial charge in [0.05, 0.1) is 12.3 Å². The van der Waals surface area contributed by atoms with E-state index in [1.165, 1.54) is 0 Å². The van der Waals surface area contributed by atoms with Crippen molar-refractivity contribution >= 4 is 34.0 Å². The van der Waals surface area contributed by atoms with Crippen molar-refractivity contribution < 1.29 is 4.79 Å². The lowest BCUT2D eigenvalue weighted by Crippen LogP contribution is -2.29. The molecular formula is C28H24ClN3O. The summed E-state index contributed by atoms with van der Waals surface area (Å²) in [6.07, 6.45) is -0.300. The number of hydrogen-bond acceptors (Lipinski definition) is 3. The quantitative estimate of drug-likeness (QED) is 0.334. The standard InChI is InChI=1S/C28H24ClN3O/c1-20(22-14-16-24(29)17-15-22)30-32-27(33)19-31(18-21-8-3-2-4-9-21)28(32)26-13-7-11-23-10-5-6-12-25(23)26/h2-17,28H,18-19H2,1H3/b30-20-/t28-/m0/s1. The van der Waals surface area contributed by atoms with Gasteiger partial charge in [0.2, 0.25) is 0 Å². The average Bonchev–Trinajstić information content (AvgIpc) is 3.13. The summed E-state index contributed by atoms with van der Waals surface area (Å²) in [4.78, 5) is 15.5. The highest BCUT2D eigenvalue weighted by Crippen LogP contribution is 2.36. The van der Waals surface area contributed by atoms with Gasteiger partial charge < -0.3 is 0 Å². The van der Waals surface area contributed by atoms with Gasteiger partial charge in [-0.25, -0.2) is 5.01 Å². The van der Waals surface area contributed by atoms with E-state index >= 15 is 0 Å². The maximum Gasteiger partial charge on any atom is 0.258 e. The molecule has 33 heavy (non-hydrogen) atoms. The second kappa shape index (κ2) is 9.18. The minimum Gasteiger partial charge on any atom is -0.271 e. The molecular weight excluding hydrogens is 430 g/mol. The minimum absolute atomic E-state index is 0.0165. The number of fused-ring (bicyclic) bond motifs is 1. The highest BCUT2D eigenvalue weighted by molar-refractivity contribution is 6.30. The Morgan fingerprint density at radius 3 is 2.39 bits per heavy atom. The van der Waals surface area contributed by atoms with Crippen LogP contribution in [0.3, 0.4) is 0 Å². The summed E-state index contributed by atoms with van der Waals surface area (Å²) >= 11 is 6.05. The molecule has 1 aliphatic rings. The normalized spacial score (nSPS) is 17.2. The highest BCUT2D eigenvalue weighted by Gasteiger charge is 2.40. The van der Waals surface area contributed by atoms with Gasteiger partial charge in [0.1, 0.15) is 6.17 Å². The molecule has 0 unspecified atom stereocenters. The molecule has 1 aliphatic heterocycles. The molecule has 0 spiro atoms. The number of amides is 1. The first-order valence-electron chi connectivity index (χ1n) is 11.0. The van der Waals surface area contributed by atoms with Crippen LogP contribution in [0.4, 0.5) is 0 Å². The van der Waals surface area contributed by atoms with Gasteiger partial charge in [-0.15, -0.1) is 0 Å². The molecule has 4 aromatic carbocycles. The number of carbonyl (C=O) groups is 1. The number of nitrogens with zero attached hydrogens (tertiary/aromatic N) is 3. The highest BCUT2D eigenvalue weighted by atomic mass is 35.5. The summed E-state index contributed by atoms with van der Waals surface area (Å²) in [6, 6.07) is 32.3. The zero-order valence-corrected chi connectivity index (χ0v) is 19.1. The fourth-order valence-corrected chi connectivity index (χ4v) is 4.53. The van der Waals surface area contributed by atoms with Gasteiger partial charge in [-0.3, -0.25) is 9.69 Å². The average molecular weight is 454 g/mol. The van der Waals surface area contributed by atoms with E-state index in [4.69, 9.17) is 16.7 Å². The Hall–Kier alpha value is -3.47. The monoisotopic (exact) mass is 453 g/mol. The van der Waals surface area contributed by atoms with Crippen molar-refractivity contribution in [3.05, 3.63) is 119 Å². The minimum atomic E-state index is -0.300. The van der Waals surface area contributed by atoms with Gasteiger partial charge >= 0.3 is 0 Å². The third kappa shape index (κ3) is 4.40. The lowest BCUT2D eigenvalue weighted by atomic mass is 10.0. The number of benzene rings is 4. The zero-order chi connectivity index (χ0) is 22.8. The van der Waals surface area contributed by atoms with Crippen molar-refractivity contribution in [2.24, 2.45) is 5.10 Å². The van der Waals surface area contributed by atoms with Crippen molar-refractivity contribution in [1.29, 1.82) is 0 Å². The molecule has 1 atom stereocenters. The smallest absolute Gasteiger partial charge is 0.258 e. The second-order valence-electron chi connectivity index (χ2n) is 8.26. The Morgan fingerprint density at radius 2 is 1.61 bits per heavy atom. The van der Waals surface area contributed by atoms with Crippen LogP contribution in [-0.4, -0.2) is 28.1 Å². The molecule has 0 bridgehead atoms. The second-order valence-corrected chi connectivity index (χ2v) is 8.70. The third-order valence-corrected chi connectivity index (χ3v) is 6.27. The summed E-state index contributed by atoms with van der Waals surface area (Å²) in [5.41, 5.74) is 3.94. The Morgan fingerprint density at radius 1 is 0.909 bits per heavy atom. The molecule has 1 heterocycles. The van der Waals surface area contributed by atoms with Crippen molar-refractivity contribution in [3.63, 3.8) is 0 Å². The lowest BCUT2D eigenvalue weighted by molar-refractivity contribution is -0.128. The summed E-state index contributed by atoms with van der Waals surface area (Å²) in [5.74, 6) is -0.0165. The van der Waals surface area contributed by atoms with Crippen molar-refractivity contribution in [3.8, 4) is 0 Å². The van der Waals surface area contributed by atoms with Gasteiger partial charge in [0.15, 0.2) is 0 Å². The van der Waals surface area contributed by atoms with E-state index in [1.54, 1.807) is 5.01 Å². The van der Waals surface area contributed by atoms with E-state index in [2.05, 4.69) is 47.4 Å². The molecule has 1 saturated heterocycles. The molecule has 1 fully saturated rings. The molecule has 1 amide bonds. The Kier molecular flexibility index (Phi) is 5.95. The summed E-state index contributed by atoms with van der Waals surface area (Å²) in [5, 5.41) is 9.42. The van der Waals surface area contributed by atoms with Crippen molar-refractivity contribution in [1.82, 2.24) is 9.91 Å². The molecule has 164 valence electrons. The van der Waals surface area contributed by atoms with Crippen LogP contribution in [0.5, 0.6) is 0 Å². The summed E-state index contributed by atoms with van der Waals surface area (Å²) in [6.45, 7) is 2.89. The van der Waals surface area contributed by atoms with Crippen molar-refractivity contribution in [2.45, 2.75) is 19.6 Å². The predicted molar refractivity (Wildman–Crippen MR) is 134 cm³/mol. The van der Waals surface area contributed by atoms with E-state index in [0.717, 1.165) is 33.2 Å². The number of hydrazone groups is 1. The van der Waals surface area contributed by atoms with Crippen LogP contribution >= 0.6 is 11.6 Å². The summed E-state index contributed by atoms with van der Waals surface area (Å²) in [7, 11) is 0. The molecule has 5 heteroatoms. The zero-order valence-electron chi connectivity index (χ0n) is 18.4. The van der Waals surface area contributed by atoms with Gasteiger partial charge in [-0.1, -0.05) is 96.5 Å². The topological polar surface area (TPSA) is 35.9 Å². The SMILES string of the molecule is C/C(=N/N1C(=O)CN(Cc2ccccc2)[C@@H]1c1cccc2ccccc12)c1ccc(Cl)cc1. The molecule has 0 aliphatic carbocycles. The van der Waals surface area contributed by atoms with E-state index in [-0.39, 0.29) is 12.1 Å². The van der Waals surface area contributed by atoms with E-state index in [0.29, 0.717) is 18.1 Å². The van der Waals surface area contributed by atoms with Crippen LogP contribution in [0, 0.1) is 0 Å². The summed E-state index contributed by atoms with van der Waals surface area (Å²) < 4.78 is 0. The maximum atomic E-state index is 13.3. The lowest BCUT2D eigenvalue weighted by Gasteiger charge is -2.29. The molecule has 0 radical (unpaired) electrons. The Bertz CT molecular complexity index is 1310. The first kappa shape index (κ1) is 21.4. The van der Waals surface area contributed by atoms with Gasteiger partial charge in [0, 0.05) is 11.6 Å². The van der Waals surface area contributed by atoms with Crippen LogP contribution in [0.25, 0.3) is 10.8 Å². The fraction of sp³-hybridized carbons (Fsp3) is 0.143. The van der Waals surface area contributed by atoms with Gasteiger partial charge in [0.25, 0.3) is 5.91 Å². The molecule has 5 rings (SSSR count). The maximum absolute atomic E-state index is 13.3. The van der Waals surface area contributed by atoms with Crippen LogP contribution in [-0.2, 0) is 11.3 Å². The first-order valence-corrected chi connectivity index (χ1v) is 11.4. The van der Waals surface area contributed by atoms with Crippen LogP contribution in [0.1, 0.15) is 29.8 Å². The van der Waals surface area contributed by atoms with Crippen LogP contribution in [0.15, 0.2) is 102 Å². The molecule has 0 saturated carbocycles. The molecule has 4 aromatic rings. The Labute approximate surface area is 198 Å². The predicted octanol–water partition coefficient (Wildman–Crippen LogP) is 6.26. The first-order chi connectivity index (χ1) is 16.1. The number of carbonyl (C=O) groups excluding carboxylic acids is 1. The largest absolute Gasteiger partial charge is 0.271 e. The fourth-order valence-electron chi connectivity index (χ4n) is 4.41. The van der Waals surface area contributed by atoms with E-state index in [1.807, 2.05) is 61.5 Å². The number of halogens is 1. The van der Waals surface area contributed by atoms with Gasteiger partial charge in [-0.2, -0.15) is 5.10 Å². The van der Waals surface area contributed by atoms with E-state index < -0.39 is 0 Å². The number of hydrogen-bond donors (Lipinski definition) is 0. The Balaban J connectivity index is 1.59. The van der Waals surface area contributed by atoms with E-state index in [9.17, 15) is 4.79 Å².